The second kappa shape index (κ2) is 7.18. The Labute approximate surface area is 200 Å². The summed E-state index contributed by atoms with van der Waals surface area (Å²) < 4.78 is 10.7. The molecular weight excluding hydrogens is 462 g/mol. The van der Waals surface area contributed by atoms with Crippen molar-refractivity contribution in [2.24, 2.45) is 11.8 Å². The van der Waals surface area contributed by atoms with Crippen LogP contribution in [-0.4, -0.2) is 46.7 Å². The Kier molecular flexibility index (Phi) is 4.52. The molecule has 2 aromatic carbocycles. The number of hydrogen-bond acceptors (Lipinski definition) is 7. The van der Waals surface area contributed by atoms with Gasteiger partial charge in [-0.1, -0.05) is 23.7 Å². The van der Waals surface area contributed by atoms with E-state index in [1.54, 1.807) is 44.2 Å². The smallest absolute Gasteiger partial charge is 0.250 e. The molecule has 3 amide bonds. The average molecular weight is 484 g/mol. The van der Waals surface area contributed by atoms with E-state index in [0.29, 0.717) is 38.9 Å². The first kappa shape index (κ1) is 21.4. The number of anilines is 1. The van der Waals surface area contributed by atoms with Crippen LogP contribution in [0.3, 0.4) is 0 Å². The Hall–Kier alpha value is -3.14. The number of nitrogens with one attached hydrogen (secondary N) is 2. The van der Waals surface area contributed by atoms with Crippen molar-refractivity contribution in [2.45, 2.75) is 38.1 Å². The van der Waals surface area contributed by atoms with Gasteiger partial charge in [0, 0.05) is 16.6 Å². The molecule has 34 heavy (non-hydrogen) atoms. The van der Waals surface area contributed by atoms with Gasteiger partial charge in [0.2, 0.25) is 24.5 Å². The lowest BCUT2D eigenvalue weighted by atomic mass is 9.76. The molecule has 3 N–H and O–H groups in total. The van der Waals surface area contributed by atoms with Crippen LogP contribution in [0.15, 0.2) is 30.3 Å². The Morgan fingerprint density at radius 2 is 1.94 bits per heavy atom. The predicted molar refractivity (Wildman–Crippen MR) is 120 cm³/mol. The van der Waals surface area contributed by atoms with Crippen molar-refractivity contribution in [3.05, 3.63) is 52.0 Å². The number of carbonyl (C=O) groups excluding carboxylic acids is 3. The van der Waals surface area contributed by atoms with Crippen molar-refractivity contribution < 1.29 is 29.0 Å². The lowest BCUT2D eigenvalue weighted by Gasteiger charge is -2.30. The van der Waals surface area contributed by atoms with Gasteiger partial charge in [0.15, 0.2) is 11.5 Å². The fraction of sp³-hybridized carbons (Fsp3) is 0.375. The average Bonchev–Trinajstić information content (AvgIpc) is 3.53. The van der Waals surface area contributed by atoms with E-state index >= 15 is 0 Å². The van der Waals surface area contributed by atoms with Crippen LogP contribution in [0.2, 0.25) is 5.02 Å². The van der Waals surface area contributed by atoms with Crippen molar-refractivity contribution in [2.75, 3.05) is 12.1 Å². The highest BCUT2D eigenvalue weighted by Crippen LogP contribution is 2.54. The summed E-state index contributed by atoms with van der Waals surface area (Å²) in [6.07, 6.45) is -0.973. The molecule has 2 saturated heterocycles. The molecule has 0 aliphatic carbocycles. The highest BCUT2D eigenvalue weighted by molar-refractivity contribution is 6.32. The van der Waals surface area contributed by atoms with Crippen molar-refractivity contribution in [1.29, 1.82) is 0 Å². The van der Waals surface area contributed by atoms with E-state index in [4.69, 9.17) is 21.1 Å². The number of hydrogen-bond donors (Lipinski definition) is 3. The fourth-order valence-corrected chi connectivity index (χ4v) is 5.93. The maximum absolute atomic E-state index is 13.8. The van der Waals surface area contributed by atoms with E-state index in [1.807, 2.05) is 0 Å². The van der Waals surface area contributed by atoms with Gasteiger partial charge >= 0.3 is 0 Å². The number of aliphatic hydroxyl groups is 1. The van der Waals surface area contributed by atoms with Gasteiger partial charge in [0.05, 0.1) is 30.2 Å². The fourth-order valence-electron chi connectivity index (χ4n) is 5.77. The summed E-state index contributed by atoms with van der Waals surface area (Å²) in [5.74, 6) is -2.06. The molecule has 0 radical (unpaired) electrons. The third kappa shape index (κ3) is 2.65. The highest BCUT2D eigenvalue weighted by Gasteiger charge is 2.71. The Bertz CT molecular complexity index is 1280. The van der Waals surface area contributed by atoms with Gasteiger partial charge in [-0.3, -0.25) is 24.6 Å². The number of amides is 3. The first-order valence-corrected chi connectivity index (χ1v) is 11.4. The number of halogens is 1. The van der Waals surface area contributed by atoms with Gasteiger partial charge in [-0.2, -0.15) is 0 Å². The maximum atomic E-state index is 13.8. The molecule has 4 aliphatic rings. The number of aliphatic hydroxyl groups excluding tert-OH is 1. The molecule has 2 fully saturated rings. The molecule has 5 atom stereocenters. The van der Waals surface area contributed by atoms with E-state index in [-0.39, 0.29) is 13.3 Å². The maximum Gasteiger partial charge on any atom is 0.250 e. The van der Waals surface area contributed by atoms with E-state index in [0.717, 1.165) is 0 Å². The monoisotopic (exact) mass is 483 g/mol. The Morgan fingerprint density at radius 1 is 1.18 bits per heavy atom. The number of fused-ring (bicyclic) bond motifs is 5. The summed E-state index contributed by atoms with van der Waals surface area (Å²) >= 11 is 6.27. The van der Waals surface area contributed by atoms with Crippen molar-refractivity contribution in [1.82, 2.24) is 10.2 Å². The predicted octanol–water partition coefficient (Wildman–Crippen LogP) is 1.68. The number of nitrogens with zero attached hydrogens (tertiary/aromatic N) is 1. The molecule has 0 aromatic heterocycles. The Morgan fingerprint density at radius 3 is 2.71 bits per heavy atom. The minimum absolute atomic E-state index is 0.0258. The van der Waals surface area contributed by atoms with Crippen LogP contribution in [0.1, 0.15) is 23.6 Å². The number of imide groups is 1. The zero-order valence-corrected chi connectivity index (χ0v) is 19.2. The normalized spacial score (nSPS) is 29.6. The van der Waals surface area contributed by atoms with Gasteiger partial charge in [0.25, 0.3) is 0 Å². The van der Waals surface area contributed by atoms with Crippen LogP contribution in [0, 0.1) is 18.8 Å². The molecule has 0 saturated carbocycles. The first-order chi connectivity index (χ1) is 16.2. The minimum atomic E-state index is -1.48. The molecule has 4 heterocycles. The van der Waals surface area contributed by atoms with Crippen LogP contribution in [0.5, 0.6) is 11.5 Å². The van der Waals surface area contributed by atoms with Gasteiger partial charge in [-0.15, -0.1) is 0 Å². The van der Waals surface area contributed by atoms with E-state index < -0.39 is 47.2 Å². The SMILES string of the molecule is Cc1c(Cl)ccc2c1NC(=O)C21NC(C(C)O)[C@H]2C(=O)N(Cc3ccc4c(c3)OCO4)C(=O)[C@H]21. The highest BCUT2D eigenvalue weighted by atomic mass is 35.5. The standard InChI is InChI=1S/C24H22ClN3O6/c1-10-14(25)5-4-13-19(10)26-23(32)24(13)18-17(20(27-24)11(2)29)21(30)28(22(18)31)8-12-3-6-15-16(7-12)34-9-33-15/h3-7,11,17-18,20,27,29H,8-9H2,1-2H3,(H,26,32)/t11?,17-,18-,20?,24?/m0/s1. The molecule has 10 heteroatoms. The van der Waals surface area contributed by atoms with Crippen molar-refractivity contribution >= 4 is 35.0 Å². The van der Waals surface area contributed by atoms with Gasteiger partial charge in [-0.05, 0) is 43.2 Å². The van der Waals surface area contributed by atoms with E-state index in [1.165, 1.54) is 4.90 Å². The molecule has 6 rings (SSSR count). The molecule has 9 nitrogen and oxygen atoms in total. The van der Waals surface area contributed by atoms with E-state index in [2.05, 4.69) is 10.6 Å². The van der Waals surface area contributed by atoms with Crippen molar-refractivity contribution in [3.8, 4) is 11.5 Å². The van der Waals surface area contributed by atoms with Gasteiger partial charge in [0.1, 0.15) is 5.54 Å². The number of carbonyl (C=O) groups is 3. The largest absolute Gasteiger partial charge is 0.454 e. The second-order valence-electron chi connectivity index (χ2n) is 9.22. The third-order valence-corrected chi connectivity index (χ3v) is 7.82. The summed E-state index contributed by atoms with van der Waals surface area (Å²) in [6.45, 7) is 3.48. The van der Waals surface area contributed by atoms with Gasteiger partial charge in [-0.25, -0.2) is 0 Å². The summed E-state index contributed by atoms with van der Waals surface area (Å²) in [5.41, 5.74) is 0.985. The van der Waals surface area contributed by atoms with E-state index in [9.17, 15) is 19.5 Å². The summed E-state index contributed by atoms with van der Waals surface area (Å²) in [7, 11) is 0. The topological polar surface area (TPSA) is 117 Å². The first-order valence-electron chi connectivity index (χ1n) is 11.0. The van der Waals surface area contributed by atoms with Crippen LogP contribution in [-0.2, 0) is 26.5 Å². The molecule has 3 unspecified atom stereocenters. The molecule has 0 bridgehead atoms. The molecular formula is C24H22ClN3O6. The number of benzene rings is 2. The quantitative estimate of drug-likeness (QED) is 0.568. The lowest BCUT2D eigenvalue weighted by Crippen LogP contribution is -2.54. The van der Waals surface area contributed by atoms with Crippen LogP contribution in [0.25, 0.3) is 0 Å². The summed E-state index contributed by atoms with van der Waals surface area (Å²) in [4.78, 5) is 42.0. The van der Waals surface area contributed by atoms with Crippen LogP contribution >= 0.6 is 11.6 Å². The van der Waals surface area contributed by atoms with Crippen LogP contribution < -0.4 is 20.1 Å². The molecule has 176 valence electrons. The number of likely N-dealkylation sites (tertiary alicyclic amines) is 1. The minimum Gasteiger partial charge on any atom is -0.454 e. The lowest BCUT2D eigenvalue weighted by molar-refractivity contribution is -0.143. The van der Waals surface area contributed by atoms with Crippen molar-refractivity contribution in [3.63, 3.8) is 0 Å². The zero-order chi connectivity index (χ0) is 23.9. The van der Waals surface area contributed by atoms with Crippen LogP contribution in [0.4, 0.5) is 5.69 Å². The number of rotatable bonds is 3. The second-order valence-corrected chi connectivity index (χ2v) is 9.63. The number of ether oxygens (including phenoxy) is 2. The Balaban J connectivity index is 1.43. The molecule has 4 aliphatic heterocycles. The summed E-state index contributed by atoms with van der Waals surface area (Å²) in [6, 6.07) is 7.84. The summed E-state index contributed by atoms with van der Waals surface area (Å²) in [5, 5.41) is 17.1. The zero-order valence-electron chi connectivity index (χ0n) is 18.4. The third-order valence-electron chi connectivity index (χ3n) is 7.41. The molecule has 1 spiro atoms. The molecule has 2 aromatic rings. The van der Waals surface area contributed by atoms with Gasteiger partial charge < -0.3 is 19.9 Å².